The van der Waals surface area contributed by atoms with Gasteiger partial charge in [0.05, 0.1) is 0 Å². The van der Waals surface area contributed by atoms with Gasteiger partial charge in [-0.1, -0.05) is 0 Å². The minimum atomic E-state index is -0.0701. The Hall–Kier alpha value is -0.420. The summed E-state index contributed by atoms with van der Waals surface area (Å²) in [5.74, 6) is 1.37. The molecule has 0 saturated carbocycles. The molecule has 0 aliphatic heterocycles. The lowest BCUT2D eigenvalue weighted by Gasteiger charge is -2.23. The summed E-state index contributed by atoms with van der Waals surface area (Å²) in [6, 6.07) is 3.64. The number of nitrogens with zero attached hydrogens (tertiary/aromatic N) is 1. The van der Waals surface area contributed by atoms with Gasteiger partial charge >= 0.3 is 0 Å². The Balaban J connectivity index is 2.59. The Bertz CT molecular complexity index is 354. The Labute approximate surface area is 109 Å². The van der Waals surface area contributed by atoms with Gasteiger partial charge < -0.3 is 9.32 Å². The van der Waals surface area contributed by atoms with Crippen LogP contribution in [0.1, 0.15) is 23.9 Å². The van der Waals surface area contributed by atoms with E-state index >= 15 is 0 Å². The van der Waals surface area contributed by atoms with E-state index in [9.17, 15) is 4.79 Å². The highest BCUT2D eigenvalue weighted by Crippen LogP contribution is 2.17. The number of rotatable bonds is 5. The predicted molar refractivity (Wildman–Crippen MR) is 71.0 cm³/mol. The molecular weight excluding hydrogens is 290 g/mol. The maximum atomic E-state index is 12.0. The van der Waals surface area contributed by atoms with Crippen LogP contribution in [0.4, 0.5) is 0 Å². The number of halogens is 1. The Morgan fingerprint density at radius 1 is 1.62 bits per heavy atom. The summed E-state index contributed by atoms with van der Waals surface area (Å²) in [5, 5.41) is 0. The van der Waals surface area contributed by atoms with Crippen molar-refractivity contribution in [2.24, 2.45) is 0 Å². The molecule has 1 amide bonds. The molecule has 3 nitrogen and oxygen atoms in total. The molecule has 5 heteroatoms. The molecule has 0 aliphatic rings. The average Bonchev–Trinajstić information content (AvgIpc) is 2.70. The number of amides is 1. The third kappa shape index (κ3) is 3.56. The van der Waals surface area contributed by atoms with Crippen molar-refractivity contribution in [2.45, 2.75) is 19.4 Å². The number of furan rings is 1. The second kappa shape index (κ2) is 6.35. The molecule has 0 aromatic carbocycles. The summed E-state index contributed by atoms with van der Waals surface area (Å²) in [6.07, 6.45) is 3.06. The van der Waals surface area contributed by atoms with Crippen molar-refractivity contribution in [3.63, 3.8) is 0 Å². The quantitative estimate of drug-likeness (QED) is 0.837. The smallest absolute Gasteiger partial charge is 0.289 e. The van der Waals surface area contributed by atoms with Crippen molar-refractivity contribution in [3.05, 3.63) is 22.6 Å². The van der Waals surface area contributed by atoms with Crippen LogP contribution >= 0.6 is 27.7 Å². The highest BCUT2D eigenvalue weighted by molar-refractivity contribution is 9.10. The molecule has 0 radical (unpaired) electrons. The van der Waals surface area contributed by atoms with Gasteiger partial charge in [0.25, 0.3) is 5.91 Å². The zero-order valence-electron chi connectivity index (χ0n) is 9.70. The summed E-state index contributed by atoms with van der Waals surface area (Å²) in [7, 11) is 1.81. The predicted octanol–water partition coefficient (Wildman–Crippen LogP) is 3.26. The molecule has 16 heavy (non-hydrogen) atoms. The lowest BCUT2D eigenvalue weighted by molar-refractivity contribution is 0.0708. The van der Waals surface area contributed by atoms with Crippen LogP contribution in [0.2, 0.25) is 0 Å². The molecule has 1 atom stereocenters. The van der Waals surface area contributed by atoms with Gasteiger partial charge in [-0.05, 0) is 53.4 Å². The summed E-state index contributed by atoms with van der Waals surface area (Å²) in [6.45, 7) is 2.05. The van der Waals surface area contributed by atoms with Crippen molar-refractivity contribution < 1.29 is 9.21 Å². The fraction of sp³-hybridized carbons (Fsp3) is 0.545. The van der Waals surface area contributed by atoms with Crippen LogP contribution in [0.5, 0.6) is 0 Å². The van der Waals surface area contributed by atoms with Crippen molar-refractivity contribution in [3.8, 4) is 0 Å². The van der Waals surface area contributed by atoms with Crippen molar-refractivity contribution in [2.75, 3.05) is 19.1 Å². The molecule has 0 spiro atoms. The zero-order valence-corrected chi connectivity index (χ0v) is 12.1. The molecule has 0 aliphatic carbocycles. The standard InChI is InChI=1S/C11H16BrNO2S/c1-8(6-7-16-3)13(2)11(14)9-4-5-10(12)15-9/h4-5,8H,6-7H2,1-3H3. The first-order valence-electron chi connectivity index (χ1n) is 5.07. The number of carbonyl (C=O) groups excluding carboxylic acids is 1. The first-order chi connectivity index (χ1) is 7.56. The van der Waals surface area contributed by atoms with Gasteiger partial charge in [-0.25, -0.2) is 0 Å². The van der Waals surface area contributed by atoms with E-state index in [0.29, 0.717) is 10.4 Å². The molecule has 1 rings (SSSR count). The summed E-state index contributed by atoms with van der Waals surface area (Å²) in [4.78, 5) is 13.7. The lowest BCUT2D eigenvalue weighted by atomic mass is 10.2. The Morgan fingerprint density at radius 3 is 2.81 bits per heavy atom. The zero-order chi connectivity index (χ0) is 12.1. The van der Waals surface area contributed by atoms with E-state index < -0.39 is 0 Å². The number of thioether (sulfide) groups is 1. The third-order valence-corrected chi connectivity index (χ3v) is 3.58. The SMILES string of the molecule is CSCCC(C)N(C)C(=O)c1ccc(Br)o1. The first kappa shape index (κ1) is 13.6. The number of carbonyl (C=O) groups is 1. The van der Waals surface area contributed by atoms with Crippen LogP contribution in [-0.2, 0) is 0 Å². The van der Waals surface area contributed by atoms with Gasteiger partial charge in [-0.15, -0.1) is 0 Å². The molecule has 90 valence electrons. The van der Waals surface area contributed by atoms with Crippen LogP contribution < -0.4 is 0 Å². The fourth-order valence-electron chi connectivity index (χ4n) is 1.29. The van der Waals surface area contributed by atoms with Gasteiger partial charge in [0.2, 0.25) is 0 Å². The normalized spacial score (nSPS) is 12.5. The summed E-state index contributed by atoms with van der Waals surface area (Å²) >= 11 is 4.98. The van der Waals surface area contributed by atoms with Crippen LogP contribution in [0.15, 0.2) is 21.2 Å². The maximum absolute atomic E-state index is 12.0. The van der Waals surface area contributed by atoms with Gasteiger partial charge in [-0.3, -0.25) is 4.79 Å². The Kier molecular flexibility index (Phi) is 5.41. The molecular formula is C11H16BrNO2S. The second-order valence-electron chi connectivity index (χ2n) is 3.65. The fourth-order valence-corrected chi connectivity index (χ4v) is 2.17. The van der Waals surface area contributed by atoms with Crippen LogP contribution in [-0.4, -0.2) is 35.9 Å². The van der Waals surface area contributed by atoms with Gasteiger partial charge in [0.15, 0.2) is 10.4 Å². The third-order valence-electron chi connectivity index (χ3n) is 2.51. The first-order valence-corrected chi connectivity index (χ1v) is 7.26. The van der Waals surface area contributed by atoms with E-state index in [4.69, 9.17) is 4.42 Å². The summed E-state index contributed by atoms with van der Waals surface area (Å²) in [5.41, 5.74) is 0. The largest absolute Gasteiger partial charge is 0.444 e. The maximum Gasteiger partial charge on any atom is 0.289 e. The molecule has 1 aromatic heterocycles. The molecule has 0 bridgehead atoms. The molecule has 1 aromatic rings. The molecule has 0 fully saturated rings. The van der Waals surface area contributed by atoms with Gasteiger partial charge in [0.1, 0.15) is 0 Å². The van der Waals surface area contributed by atoms with Gasteiger partial charge in [-0.2, -0.15) is 11.8 Å². The average molecular weight is 306 g/mol. The van der Waals surface area contributed by atoms with E-state index in [2.05, 4.69) is 22.2 Å². The van der Waals surface area contributed by atoms with E-state index in [1.807, 2.05) is 14.0 Å². The monoisotopic (exact) mass is 305 g/mol. The van der Waals surface area contributed by atoms with E-state index in [1.54, 1.807) is 28.8 Å². The number of hydrogen-bond donors (Lipinski definition) is 0. The lowest BCUT2D eigenvalue weighted by Crippen LogP contribution is -2.35. The van der Waals surface area contributed by atoms with Crippen LogP contribution in [0.3, 0.4) is 0 Å². The topological polar surface area (TPSA) is 33.5 Å². The number of hydrogen-bond acceptors (Lipinski definition) is 3. The van der Waals surface area contributed by atoms with E-state index in [1.165, 1.54) is 0 Å². The van der Waals surface area contributed by atoms with E-state index in [0.717, 1.165) is 12.2 Å². The molecule has 0 N–H and O–H groups in total. The van der Waals surface area contributed by atoms with Crippen molar-refractivity contribution in [1.82, 2.24) is 4.90 Å². The molecule has 1 unspecified atom stereocenters. The van der Waals surface area contributed by atoms with Crippen LogP contribution in [0.25, 0.3) is 0 Å². The van der Waals surface area contributed by atoms with Crippen molar-refractivity contribution in [1.29, 1.82) is 0 Å². The minimum absolute atomic E-state index is 0.0701. The minimum Gasteiger partial charge on any atom is -0.444 e. The second-order valence-corrected chi connectivity index (χ2v) is 5.42. The molecule has 1 heterocycles. The summed E-state index contributed by atoms with van der Waals surface area (Å²) < 4.78 is 5.83. The highest BCUT2D eigenvalue weighted by Gasteiger charge is 2.19. The van der Waals surface area contributed by atoms with E-state index in [-0.39, 0.29) is 11.9 Å². The molecule has 0 saturated heterocycles. The van der Waals surface area contributed by atoms with Gasteiger partial charge in [0, 0.05) is 13.1 Å². The van der Waals surface area contributed by atoms with Crippen LogP contribution in [0, 0.1) is 0 Å². The highest BCUT2D eigenvalue weighted by atomic mass is 79.9. The van der Waals surface area contributed by atoms with Crippen molar-refractivity contribution >= 4 is 33.6 Å². The Morgan fingerprint density at radius 2 is 2.31 bits per heavy atom.